The fourth-order valence-electron chi connectivity index (χ4n) is 0.838. The van der Waals surface area contributed by atoms with E-state index in [9.17, 15) is 0 Å². The molecule has 0 radical (unpaired) electrons. The van der Waals surface area contributed by atoms with Gasteiger partial charge in [0.15, 0.2) is 0 Å². The summed E-state index contributed by atoms with van der Waals surface area (Å²) in [6.45, 7) is 4.30. The second-order valence-corrected chi connectivity index (χ2v) is 4.87. The molecule has 0 aliphatic rings. The molecule has 0 saturated carbocycles. The van der Waals surface area contributed by atoms with Crippen molar-refractivity contribution in [1.29, 1.82) is 0 Å². The predicted molar refractivity (Wildman–Crippen MR) is 41.0 cm³/mol. The van der Waals surface area contributed by atoms with Gasteiger partial charge in [0.2, 0.25) is 0 Å². The van der Waals surface area contributed by atoms with Crippen molar-refractivity contribution < 1.29 is 17.9 Å². The number of hydrogen-bond acceptors (Lipinski definition) is 0. The first kappa shape index (κ1) is 7.82. The van der Waals surface area contributed by atoms with Gasteiger partial charge < -0.3 is 0 Å². The molecule has 0 N–H and O–H groups in total. The summed E-state index contributed by atoms with van der Waals surface area (Å²) in [5, 5.41) is 0. The molecule has 48 valence electrons. The fourth-order valence-corrected chi connectivity index (χ4v) is 1.33. The van der Waals surface area contributed by atoms with Crippen LogP contribution in [0.4, 0.5) is 0 Å². The normalized spacial score (nSPS) is 9.60. The zero-order valence-corrected chi connectivity index (χ0v) is 9.48. The van der Waals surface area contributed by atoms with Gasteiger partial charge in [0.25, 0.3) is 0 Å². The Balaban J connectivity index is 3.00. The van der Waals surface area contributed by atoms with Gasteiger partial charge >= 0.3 is 71.2 Å². The number of benzene rings is 1. The van der Waals surface area contributed by atoms with Crippen LogP contribution in [0.25, 0.3) is 0 Å². The van der Waals surface area contributed by atoms with Gasteiger partial charge in [-0.15, -0.1) is 0 Å². The molecule has 0 atom stereocenters. The first-order chi connectivity index (χ1) is 4.70. The Morgan fingerprint density at radius 3 is 2.10 bits per heavy atom. The van der Waals surface area contributed by atoms with Crippen LogP contribution in [0.15, 0.2) is 24.3 Å². The second kappa shape index (κ2) is 3.21. The van der Waals surface area contributed by atoms with E-state index in [-0.39, 0.29) is 0 Å². The number of aryl methyl sites for hydroxylation is 1. The molecule has 0 saturated heterocycles. The van der Waals surface area contributed by atoms with E-state index in [1.165, 1.54) is 33.1 Å². The molecular weight excluding hydrogens is 173 g/mol. The van der Waals surface area contributed by atoms with Crippen LogP contribution in [0, 0.1) is 6.92 Å². The number of rotatable bonds is 1. The van der Waals surface area contributed by atoms with Gasteiger partial charge in [0.05, 0.1) is 0 Å². The Labute approximate surface area is 71.5 Å². The van der Waals surface area contributed by atoms with Gasteiger partial charge in [0, 0.05) is 0 Å². The van der Waals surface area contributed by atoms with E-state index in [1.807, 2.05) is 0 Å². The Morgan fingerprint density at radius 2 is 1.70 bits per heavy atom. The summed E-state index contributed by atoms with van der Waals surface area (Å²) < 4.78 is 1.50. The molecule has 0 heterocycles. The average molecular weight is 184 g/mol. The van der Waals surface area contributed by atoms with E-state index in [4.69, 9.17) is 0 Å². The van der Waals surface area contributed by atoms with Crippen LogP contribution in [0.5, 0.6) is 0 Å². The van der Waals surface area contributed by atoms with Crippen molar-refractivity contribution in [2.24, 2.45) is 0 Å². The molecule has 10 heavy (non-hydrogen) atoms. The summed E-state index contributed by atoms with van der Waals surface area (Å²) in [6, 6.07) is 8.70. The zero-order chi connectivity index (χ0) is 7.56. The van der Waals surface area contributed by atoms with Gasteiger partial charge in [-0.05, 0) is 0 Å². The van der Waals surface area contributed by atoms with Crippen LogP contribution in [-0.2, 0) is 17.9 Å². The van der Waals surface area contributed by atoms with Crippen LogP contribution in [-0.4, -0.2) is 4.11 Å². The van der Waals surface area contributed by atoms with E-state index in [2.05, 4.69) is 38.1 Å². The topological polar surface area (TPSA) is 0 Å². The fraction of sp³-hybridized carbons (Fsp3) is 0.222. The third-order valence-electron chi connectivity index (χ3n) is 1.54. The van der Waals surface area contributed by atoms with Gasteiger partial charge in [-0.2, -0.15) is 0 Å². The second-order valence-electron chi connectivity index (χ2n) is 2.65. The third-order valence-corrected chi connectivity index (χ3v) is 2.40. The van der Waals surface area contributed by atoms with Crippen molar-refractivity contribution in [3.8, 4) is 0 Å². The van der Waals surface area contributed by atoms with Gasteiger partial charge in [-0.25, -0.2) is 0 Å². The maximum atomic E-state index is 2.19. The monoisotopic (exact) mass is 182 g/mol. The quantitative estimate of drug-likeness (QED) is 0.585. The van der Waals surface area contributed by atoms with Gasteiger partial charge in [-0.1, -0.05) is 0 Å². The van der Waals surface area contributed by atoms with Crippen molar-refractivity contribution in [2.45, 2.75) is 13.8 Å². The Bertz CT molecular complexity index is 233. The summed E-state index contributed by atoms with van der Waals surface area (Å²) >= 11 is 1.27. The summed E-state index contributed by atoms with van der Waals surface area (Å²) in [4.78, 5) is 0. The summed E-state index contributed by atoms with van der Waals surface area (Å²) in [6.07, 6.45) is 0. The molecule has 0 fully saturated rings. The third kappa shape index (κ3) is 1.85. The van der Waals surface area contributed by atoms with E-state index in [1.54, 1.807) is 0 Å². The van der Waals surface area contributed by atoms with Crippen molar-refractivity contribution >= 4 is 4.11 Å². The Hall–Kier alpha value is -0.287. The molecule has 0 aliphatic heterocycles. The molecule has 0 bridgehead atoms. The Morgan fingerprint density at radius 1 is 1.20 bits per heavy atom. The van der Waals surface area contributed by atoms with E-state index < -0.39 is 0 Å². The van der Waals surface area contributed by atoms with E-state index >= 15 is 0 Å². The van der Waals surface area contributed by atoms with Crippen LogP contribution < -0.4 is 0 Å². The van der Waals surface area contributed by atoms with Crippen molar-refractivity contribution in [2.75, 3.05) is 0 Å². The first-order valence-electron chi connectivity index (χ1n) is 3.42. The molecule has 0 unspecified atom stereocenters. The SMILES string of the molecule is C[C](=[Zn])c1ccc(C)cc1. The number of hydrogen-bond donors (Lipinski definition) is 0. The van der Waals surface area contributed by atoms with Crippen molar-refractivity contribution in [3.63, 3.8) is 0 Å². The van der Waals surface area contributed by atoms with Crippen molar-refractivity contribution in [3.05, 3.63) is 35.4 Å². The molecule has 0 aromatic heterocycles. The minimum atomic E-state index is 1.27. The molecular formula is C9H10Zn. The zero-order valence-electron chi connectivity index (χ0n) is 6.52. The van der Waals surface area contributed by atoms with E-state index in [0.717, 1.165) is 0 Å². The Kier molecular flexibility index (Phi) is 2.51. The molecule has 0 spiro atoms. The van der Waals surface area contributed by atoms with Gasteiger partial charge in [0.1, 0.15) is 0 Å². The molecule has 1 aromatic rings. The average Bonchev–Trinajstić information content (AvgIpc) is 1.88. The first-order valence-corrected chi connectivity index (χ1v) is 4.91. The van der Waals surface area contributed by atoms with Crippen LogP contribution in [0.3, 0.4) is 0 Å². The van der Waals surface area contributed by atoms with Crippen LogP contribution in [0.1, 0.15) is 18.1 Å². The summed E-state index contributed by atoms with van der Waals surface area (Å²) in [5.74, 6) is 0. The minimum absolute atomic E-state index is 1.27. The van der Waals surface area contributed by atoms with Gasteiger partial charge in [-0.3, -0.25) is 0 Å². The molecule has 0 amide bonds. The summed E-state index contributed by atoms with van der Waals surface area (Å²) in [5.41, 5.74) is 2.73. The maximum absolute atomic E-state index is 2.19. The summed E-state index contributed by atoms with van der Waals surface area (Å²) in [7, 11) is 0. The molecule has 0 nitrogen and oxygen atoms in total. The molecule has 1 rings (SSSR count). The standard InChI is InChI=1S/C9H10.Zn/c1-3-9-6-4-8(2)5-7-9;/h4-7H,1-2H3;. The molecule has 0 aliphatic carbocycles. The van der Waals surface area contributed by atoms with Crippen LogP contribution >= 0.6 is 0 Å². The predicted octanol–water partition coefficient (Wildman–Crippen LogP) is 2.08. The molecule has 1 aromatic carbocycles. The van der Waals surface area contributed by atoms with Crippen LogP contribution in [0.2, 0.25) is 0 Å². The van der Waals surface area contributed by atoms with Crippen molar-refractivity contribution in [1.82, 2.24) is 0 Å². The van der Waals surface area contributed by atoms with E-state index in [0.29, 0.717) is 0 Å². The molecule has 1 heteroatoms.